The fourth-order valence-electron chi connectivity index (χ4n) is 7.84. The van der Waals surface area contributed by atoms with E-state index in [9.17, 15) is 19.2 Å². The van der Waals surface area contributed by atoms with E-state index < -0.39 is 12.1 Å². The topological polar surface area (TPSA) is 124 Å². The van der Waals surface area contributed by atoms with E-state index in [0.717, 1.165) is 72.1 Å². The molecule has 4 heterocycles. The van der Waals surface area contributed by atoms with E-state index in [1.54, 1.807) is 16.0 Å². The summed E-state index contributed by atoms with van der Waals surface area (Å²) in [5.74, 6) is -0.314. The Hall–Kier alpha value is -5.12. The molecule has 2 fully saturated rings. The number of amides is 4. The van der Waals surface area contributed by atoms with E-state index in [4.69, 9.17) is 9.98 Å². The molecule has 1 aliphatic carbocycles. The number of nitrogens with zero attached hydrogens (tertiary/aromatic N) is 4. The number of hydrogen-bond donors (Lipinski definition) is 2. The zero-order valence-electron chi connectivity index (χ0n) is 29.2. The molecule has 10 nitrogen and oxygen atoms in total. The Bertz CT molecular complexity index is 1830. The molecule has 5 aliphatic rings. The number of carbonyl (C=O) groups excluding carboxylic acids is 4. The average Bonchev–Trinajstić information content (AvgIpc) is 3.85. The van der Waals surface area contributed by atoms with Crippen LogP contribution in [0.25, 0.3) is 0 Å². The van der Waals surface area contributed by atoms with Crippen molar-refractivity contribution in [3.8, 4) is 0 Å². The number of benzene rings is 2. The second kappa shape index (κ2) is 15.4. The normalized spacial score (nSPS) is 24.2. The maximum absolute atomic E-state index is 13.4. The van der Waals surface area contributed by atoms with E-state index in [2.05, 4.69) is 29.7 Å². The highest BCUT2D eigenvalue weighted by atomic mass is 16.2. The minimum absolute atomic E-state index is 0.0142. The number of aliphatic imine (C=N–C) groups is 2. The standard InChI is InChI=1S/C41H46N6O4/c1-27-9-5-6-12-30(27)25-38(49)47-22-8-14-36(47)41(51)44-33-24-31-17-20-34(45-39(31)42-26-33)29-15-18-32(19-16-29)43-40(50)35-13-7-21-46(35)37(48)23-28-10-3-2-4-11-28/h2-4,9-12,15-16,18-19,24,26,33,35-36,39H,5-8,13-14,17,20-23,25H2,1H3,(H,43,50)(H,44,51). The molecule has 4 aliphatic heterocycles. The number of likely N-dealkylation sites (tertiary alicyclic amines) is 2. The first kappa shape index (κ1) is 34.3. The van der Waals surface area contributed by atoms with Crippen LogP contribution in [0.15, 0.2) is 99.5 Å². The van der Waals surface area contributed by atoms with Gasteiger partial charge in [-0.15, -0.1) is 0 Å². The Kier molecular flexibility index (Phi) is 10.4. The first-order valence-electron chi connectivity index (χ1n) is 18.3. The van der Waals surface area contributed by atoms with Crippen molar-refractivity contribution in [2.24, 2.45) is 9.98 Å². The summed E-state index contributed by atoms with van der Waals surface area (Å²) in [4.78, 5) is 65.9. The van der Waals surface area contributed by atoms with Gasteiger partial charge >= 0.3 is 0 Å². The third kappa shape index (κ3) is 7.95. The predicted octanol–water partition coefficient (Wildman–Crippen LogP) is 5.31. The van der Waals surface area contributed by atoms with Gasteiger partial charge in [-0.1, -0.05) is 66.3 Å². The van der Waals surface area contributed by atoms with Crippen LogP contribution >= 0.6 is 0 Å². The van der Waals surface area contributed by atoms with Crippen LogP contribution in [0.5, 0.6) is 0 Å². The number of rotatable bonds is 9. The van der Waals surface area contributed by atoms with Gasteiger partial charge in [-0.3, -0.25) is 29.2 Å². The Balaban J connectivity index is 0.917. The number of anilines is 1. The van der Waals surface area contributed by atoms with Crippen molar-refractivity contribution in [1.82, 2.24) is 15.1 Å². The molecule has 7 rings (SSSR count). The summed E-state index contributed by atoms with van der Waals surface area (Å²) >= 11 is 0. The molecule has 4 atom stereocenters. The molecule has 10 heteroatoms. The Labute approximate surface area is 299 Å². The predicted molar refractivity (Wildman–Crippen MR) is 198 cm³/mol. The van der Waals surface area contributed by atoms with Gasteiger partial charge in [0.15, 0.2) is 6.17 Å². The molecule has 4 amide bonds. The van der Waals surface area contributed by atoms with Crippen LogP contribution in [0.3, 0.4) is 0 Å². The minimum atomic E-state index is -0.475. The van der Waals surface area contributed by atoms with Crippen LogP contribution in [0.2, 0.25) is 0 Å². The van der Waals surface area contributed by atoms with Crippen LogP contribution in [0.4, 0.5) is 5.69 Å². The lowest BCUT2D eigenvalue weighted by Gasteiger charge is -2.29. The fourth-order valence-corrected chi connectivity index (χ4v) is 7.84. The van der Waals surface area contributed by atoms with Crippen LogP contribution in [-0.4, -0.2) is 82.7 Å². The van der Waals surface area contributed by atoms with Crippen molar-refractivity contribution in [3.63, 3.8) is 0 Å². The first-order chi connectivity index (χ1) is 24.8. The minimum Gasteiger partial charge on any atom is -0.343 e. The third-order valence-corrected chi connectivity index (χ3v) is 10.6. The van der Waals surface area contributed by atoms with Crippen LogP contribution < -0.4 is 10.6 Å². The number of dihydropyridines is 1. The summed E-state index contributed by atoms with van der Waals surface area (Å²) in [6.45, 7) is 3.25. The van der Waals surface area contributed by atoms with Gasteiger partial charge in [0.1, 0.15) is 12.1 Å². The molecule has 264 valence electrons. The van der Waals surface area contributed by atoms with Crippen LogP contribution in [0, 0.1) is 0 Å². The van der Waals surface area contributed by atoms with Crippen molar-refractivity contribution in [3.05, 3.63) is 101 Å². The van der Waals surface area contributed by atoms with Crippen molar-refractivity contribution in [2.75, 3.05) is 18.4 Å². The third-order valence-electron chi connectivity index (χ3n) is 10.6. The molecule has 0 saturated carbocycles. The van der Waals surface area contributed by atoms with Gasteiger partial charge in [0, 0.05) is 30.7 Å². The maximum Gasteiger partial charge on any atom is 0.247 e. The summed E-state index contributed by atoms with van der Waals surface area (Å²) in [7, 11) is 0. The zero-order chi connectivity index (χ0) is 35.3. The average molecular weight is 687 g/mol. The molecule has 0 bridgehead atoms. The van der Waals surface area contributed by atoms with Crippen molar-refractivity contribution >= 4 is 41.2 Å². The van der Waals surface area contributed by atoms with E-state index in [-0.39, 0.29) is 42.3 Å². The number of hydrogen-bond acceptors (Lipinski definition) is 6. The van der Waals surface area contributed by atoms with Crippen LogP contribution in [-0.2, 0) is 25.6 Å². The van der Waals surface area contributed by atoms with Gasteiger partial charge in [0.05, 0.1) is 18.9 Å². The van der Waals surface area contributed by atoms with E-state index in [0.29, 0.717) is 38.0 Å². The molecule has 4 unspecified atom stereocenters. The molecular formula is C41H46N6O4. The quantitative estimate of drug-likeness (QED) is 0.347. The molecule has 0 aromatic heterocycles. The molecule has 2 N–H and O–H groups in total. The van der Waals surface area contributed by atoms with E-state index >= 15 is 0 Å². The Morgan fingerprint density at radius 1 is 0.804 bits per heavy atom. The van der Waals surface area contributed by atoms with Crippen molar-refractivity contribution < 1.29 is 19.2 Å². The monoisotopic (exact) mass is 686 g/mol. The summed E-state index contributed by atoms with van der Waals surface area (Å²) in [5, 5.41) is 6.12. The van der Waals surface area contributed by atoms with E-state index in [1.807, 2.05) is 60.7 Å². The summed E-state index contributed by atoms with van der Waals surface area (Å²) in [6.07, 6.45) is 14.9. The summed E-state index contributed by atoms with van der Waals surface area (Å²) < 4.78 is 0. The van der Waals surface area contributed by atoms with Crippen molar-refractivity contribution in [1.29, 1.82) is 0 Å². The van der Waals surface area contributed by atoms with Gasteiger partial charge in [-0.05, 0) is 92.7 Å². The van der Waals surface area contributed by atoms with Crippen molar-refractivity contribution in [2.45, 2.75) is 95.4 Å². The highest BCUT2D eigenvalue weighted by molar-refractivity contribution is 6.03. The van der Waals surface area contributed by atoms with Gasteiger partial charge in [-0.25, -0.2) is 0 Å². The van der Waals surface area contributed by atoms with Gasteiger partial charge < -0.3 is 20.4 Å². The number of allylic oxidation sites excluding steroid dienone is 3. The molecule has 51 heavy (non-hydrogen) atoms. The van der Waals surface area contributed by atoms with E-state index in [1.165, 1.54) is 0 Å². The lowest BCUT2D eigenvalue weighted by Crippen LogP contribution is -2.49. The summed E-state index contributed by atoms with van der Waals surface area (Å²) in [5.41, 5.74) is 6.85. The fraction of sp³-hybridized carbons (Fsp3) is 0.415. The zero-order valence-corrected chi connectivity index (χ0v) is 29.2. The maximum atomic E-state index is 13.4. The number of fused-ring (bicyclic) bond motifs is 1. The molecular weight excluding hydrogens is 640 g/mol. The molecule has 2 aromatic carbocycles. The molecule has 0 radical (unpaired) electrons. The second-order valence-electron chi connectivity index (χ2n) is 14.1. The number of carbonyl (C=O) groups is 4. The SMILES string of the molecule is CC1=CCCC=C1CC(=O)N1CCCC1C(=O)NC1C=NC2N=C(c3ccc(NC(=O)C4CCCN4C(=O)Cc4ccccc4)cc3)CCC2=C1. The Morgan fingerprint density at radius 3 is 2.22 bits per heavy atom. The number of nitrogens with one attached hydrogen (secondary N) is 2. The lowest BCUT2D eigenvalue weighted by molar-refractivity contribution is -0.137. The largest absolute Gasteiger partial charge is 0.343 e. The first-order valence-corrected chi connectivity index (χ1v) is 18.3. The Morgan fingerprint density at radius 2 is 1.49 bits per heavy atom. The molecule has 2 aromatic rings. The lowest BCUT2D eigenvalue weighted by atomic mass is 9.94. The molecule has 0 spiro atoms. The summed E-state index contributed by atoms with van der Waals surface area (Å²) in [6, 6.07) is 16.0. The van der Waals surface area contributed by atoms with Crippen LogP contribution in [0.1, 0.15) is 75.8 Å². The second-order valence-corrected chi connectivity index (χ2v) is 14.1. The van der Waals surface area contributed by atoms with Gasteiger partial charge in [0.2, 0.25) is 23.6 Å². The highest BCUT2D eigenvalue weighted by Gasteiger charge is 2.36. The smallest absolute Gasteiger partial charge is 0.247 e. The highest BCUT2D eigenvalue weighted by Crippen LogP contribution is 2.29. The van der Waals surface area contributed by atoms with Gasteiger partial charge in [-0.2, -0.15) is 0 Å². The molecule has 2 saturated heterocycles. The van der Waals surface area contributed by atoms with Gasteiger partial charge in [0.25, 0.3) is 0 Å².